The summed E-state index contributed by atoms with van der Waals surface area (Å²) in [6.07, 6.45) is 1.15. The summed E-state index contributed by atoms with van der Waals surface area (Å²) < 4.78 is 22.2. The lowest BCUT2D eigenvalue weighted by Gasteiger charge is -2.22. The van der Waals surface area contributed by atoms with Crippen molar-refractivity contribution in [2.24, 2.45) is 0 Å². The molecule has 1 aromatic rings. The van der Waals surface area contributed by atoms with Gasteiger partial charge in [-0.1, -0.05) is 11.3 Å². The predicted molar refractivity (Wildman–Crippen MR) is 86.7 cm³/mol. The molecule has 0 aromatic carbocycles. The minimum atomic E-state index is -3.27. The van der Waals surface area contributed by atoms with Crippen molar-refractivity contribution >= 4 is 38.0 Å². The van der Waals surface area contributed by atoms with E-state index in [0.29, 0.717) is 10.0 Å². The van der Waals surface area contributed by atoms with Gasteiger partial charge in [0, 0.05) is 26.4 Å². The molecular formula is C12H22N4O3S2. The Hall–Kier alpha value is -1.35. The second kappa shape index (κ2) is 6.18. The van der Waals surface area contributed by atoms with Crippen LogP contribution in [0.15, 0.2) is 0 Å². The van der Waals surface area contributed by atoms with Crippen LogP contribution in [-0.2, 0) is 9.84 Å². The standard InChI is InChI=1S/C12H22N4O3S2/c1-6-16(4)11-15-9(13)8(20-11)10(17)14-7-12(2,3)21(5,18)19/h6-7,13H2,1-5H3,(H,14,17). The second-order valence-electron chi connectivity index (χ2n) is 5.44. The number of aromatic nitrogens is 1. The molecule has 21 heavy (non-hydrogen) atoms. The maximum absolute atomic E-state index is 12.1. The van der Waals surface area contributed by atoms with Crippen LogP contribution in [0.1, 0.15) is 30.4 Å². The number of sulfone groups is 1. The summed E-state index contributed by atoms with van der Waals surface area (Å²) in [6.45, 7) is 5.85. The molecule has 0 saturated heterocycles. The number of nitrogens with two attached hydrogens (primary N) is 1. The Bertz CT molecular complexity index is 622. The lowest BCUT2D eigenvalue weighted by Crippen LogP contribution is -2.43. The molecule has 0 aliphatic rings. The van der Waals surface area contributed by atoms with Gasteiger partial charge in [-0.25, -0.2) is 13.4 Å². The van der Waals surface area contributed by atoms with E-state index >= 15 is 0 Å². The van der Waals surface area contributed by atoms with Gasteiger partial charge in [0.25, 0.3) is 5.91 Å². The van der Waals surface area contributed by atoms with Crippen molar-refractivity contribution in [1.82, 2.24) is 10.3 Å². The van der Waals surface area contributed by atoms with Crippen LogP contribution in [0.5, 0.6) is 0 Å². The molecule has 0 saturated carbocycles. The number of anilines is 2. The zero-order chi connectivity index (χ0) is 16.4. The quantitative estimate of drug-likeness (QED) is 0.795. The van der Waals surface area contributed by atoms with Crippen LogP contribution in [0, 0.1) is 0 Å². The first-order chi connectivity index (χ1) is 9.49. The van der Waals surface area contributed by atoms with Crippen molar-refractivity contribution in [3.63, 3.8) is 0 Å². The number of nitrogens with zero attached hydrogens (tertiary/aromatic N) is 2. The maximum atomic E-state index is 12.1. The third-order valence-electron chi connectivity index (χ3n) is 3.33. The average Bonchev–Trinajstić information content (AvgIpc) is 2.76. The van der Waals surface area contributed by atoms with E-state index in [4.69, 9.17) is 5.73 Å². The summed E-state index contributed by atoms with van der Waals surface area (Å²) in [5.74, 6) is -0.248. The van der Waals surface area contributed by atoms with Crippen molar-refractivity contribution < 1.29 is 13.2 Å². The van der Waals surface area contributed by atoms with Crippen molar-refractivity contribution in [2.45, 2.75) is 25.5 Å². The van der Waals surface area contributed by atoms with E-state index in [1.54, 1.807) is 13.8 Å². The number of nitrogens with one attached hydrogen (secondary N) is 1. The Morgan fingerprint density at radius 3 is 2.52 bits per heavy atom. The van der Waals surface area contributed by atoms with E-state index in [1.807, 2.05) is 18.9 Å². The largest absolute Gasteiger partial charge is 0.382 e. The molecule has 1 amide bonds. The Kier molecular flexibility index (Phi) is 5.21. The fourth-order valence-electron chi connectivity index (χ4n) is 1.29. The summed E-state index contributed by atoms with van der Waals surface area (Å²) in [7, 11) is -1.42. The third kappa shape index (κ3) is 4.07. The van der Waals surface area contributed by atoms with E-state index in [9.17, 15) is 13.2 Å². The summed E-state index contributed by atoms with van der Waals surface area (Å²) >= 11 is 1.19. The van der Waals surface area contributed by atoms with Crippen LogP contribution >= 0.6 is 11.3 Å². The molecular weight excluding hydrogens is 312 g/mol. The summed E-state index contributed by atoms with van der Waals surface area (Å²) in [5, 5.41) is 3.27. The molecule has 0 bridgehead atoms. The Labute approximate surface area is 129 Å². The highest BCUT2D eigenvalue weighted by molar-refractivity contribution is 7.92. The Morgan fingerprint density at radius 1 is 1.48 bits per heavy atom. The van der Waals surface area contributed by atoms with Gasteiger partial charge in [0.15, 0.2) is 15.0 Å². The van der Waals surface area contributed by atoms with Gasteiger partial charge in [0.05, 0.1) is 4.75 Å². The smallest absolute Gasteiger partial charge is 0.265 e. The maximum Gasteiger partial charge on any atom is 0.265 e. The van der Waals surface area contributed by atoms with E-state index in [1.165, 1.54) is 11.3 Å². The van der Waals surface area contributed by atoms with Crippen LogP contribution in [0.4, 0.5) is 10.9 Å². The molecule has 0 atom stereocenters. The molecule has 1 aromatic heterocycles. The van der Waals surface area contributed by atoms with Crippen molar-refractivity contribution in [3.8, 4) is 0 Å². The Morgan fingerprint density at radius 2 is 2.05 bits per heavy atom. The zero-order valence-corrected chi connectivity index (χ0v) is 14.6. The number of carbonyl (C=O) groups is 1. The van der Waals surface area contributed by atoms with Crippen LogP contribution in [0.25, 0.3) is 0 Å². The first-order valence-corrected chi connectivity index (χ1v) is 9.15. The Balaban J connectivity index is 2.84. The van der Waals surface area contributed by atoms with E-state index in [2.05, 4.69) is 10.3 Å². The summed E-state index contributed by atoms with van der Waals surface area (Å²) in [6, 6.07) is 0. The number of rotatable bonds is 6. The molecule has 0 aliphatic carbocycles. The summed E-state index contributed by atoms with van der Waals surface area (Å²) in [5.41, 5.74) is 5.75. The molecule has 0 radical (unpaired) electrons. The molecule has 0 fully saturated rings. The number of carbonyl (C=O) groups excluding carboxylic acids is 1. The lowest BCUT2D eigenvalue weighted by molar-refractivity contribution is 0.0955. The molecule has 120 valence electrons. The molecule has 0 unspecified atom stereocenters. The first kappa shape index (κ1) is 17.7. The lowest BCUT2D eigenvalue weighted by atomic mass is 10.2. The molecule has 0 aliphatic heterocycles. The number of thiazole rings is 1. The normalized spacial score (nSPS) is 12.2. The van der Waals surface area contributed by atoms with Crippen molar-refractivity contribution in [3.05, 3.63) is 4.88 Å². The van der Waals surface area contributed by atoms with Crippen LogP contribution < -0.4 is 16.0 Å². The van der Waals surface area contributed by atoms with Gasteiger partial charge in [0.1, 0.15) is 10.7 Å². The second-order valence-corrected chi connectivity index (χ2v) is 9.07. The number of hydrogen-bond donors (Lipinski definition) is 2. The number of nitrogen functional groups attached to an aromatic ring is 1. The van der Waals surface area contributed by atoms with Crippen LogP contribution in [0.3, 0.4) is 0 Å². The highest BCUT2D eigenvalue weighted by Gasteiger charge is 2.31. The van der Waals surface area contributed by atoms with Gasteiger partial charge in [-0.15, -0.1) is 0 Å². The van der Waals surface area contributed by atoms with Gasteiger partial charge in [-0.05, 0) is 20.8 Å². The molecule has 3 N–H and O–H groups in total. The summed E-state index contributed by atoms with van der Waals surface area (Å²) in [4.78, 5) is 18.4. The average molecular weight is 334 g/mol. The van der Waals surface area contributed by atoms with Gasteiger partial charge in [-0.3, -0.25) is 4.79 Å². The SMILES string of the molecule is CCN(C)c1nc(N)c(C(=O)NCC(C)(C)S(C)(=O)=O)s1. The van der Waals surface area contributed by atoms with Gasteiger partial charge < -0.3 is 16.0 Å². The highest BCUT2D eigenvalue weighted by atomic mass is 32.2. The van der Waals surface area contributed by atoms with Crippen molar-refractivity contribution in [1.29, 1.82) is 0 Å². The van der Waals surface area contributed by atoms with Crippen molar-refractivity contribution in [2.75, 3.05) is 37.0 Å². The van der Waals surface area contributed by atoms with E-state index < -0.39 is 20.5 Å². The fourth-order valence-corrected chi connectivity index (χ4v) is 2.55. The fraction of sp³-hybridized carbons (Fsp3) is 0.667. The van der Waals surface area contributed by atoms with Gasteiger partial charge in [-0.2, -0.15) is 0 Å². The monoisotopic (exact) mass is 334 g/mol. The minimum Gasteiger partial charge on any atom is -0.382 e. The van der Waals surface area contributed by atoms with Gasteiger partial charge in [0.2, 0.25) is 0 Å². The topological polar surface area (TPSA) is 105 Å². The molecule has 9 heteroatoms. The molecule has 0 spiro atoms. The van der Waals surface area contributed by atoms with E-state index in [-0.39, 0.29) is 12.4 Å². The predicted octanol–water partition coefficient (Wildman–Crippen LogP) is 0.734. The third-order valence-corrected chi connectivity index (χ3v) is 6.66. The van der Waals surface area contributed by atoms with E-state index in [0.717, 1.165) is 12.8 Å². The molecule has 7 nitrogen and oxygen atoms in total. The zero-order valence-electron chi connectivity index (χ0n) is 12.9. The molecule has 1 rings (SSSR count). The number of amides is 1. The number of hydrogen-bond acceptors (Lipinski definition) is 7. The first-order valence-electron chi connectivity index (χ1n) is 6.45. The van der Waals surface area contributed by atoms with Gasteiger partial charge >= 0.3 is 0 Å². The van der Waals surface area contributed by atoms with Crippen LogP contribution in [0.2, 0.25) is 0 Å². The minimum absolute atomic E-state index is 0.0148. The molecule has 1 heterocycles. The highest BCUT2D eigenvalue weighted by Crippen LogP contribution is 2.27. The van der Waals surface area contributed by atoms with Crippen LogP contribution in [-0.4, -0.2) is 50.4 Å².